The number of aromatic nitrogens is 4. The minimum Gasteiger partial charge on any atom is -0.376 e. The first-order chi connectivity index (χ1) is 9.74. The number of ether oxygens (including phenoxy) is 1. The summed E-state index contributed by atoms with van der Waals surface area (Å²) in [5, 5.41) is 3.40. The molecule has 1 fully saturated rings. The summed E-state index contributed by atoms with van der Waals surface area (Å²) in [7, 11) is 3.73. The van der Waals surface area contributed by atoms with Crippen molar-refractivity contribution in [3.63, 3.8) is 0 Å². The van der Waals surface area contributed by atoms with E-state index in [-0.39, 0.29) is 5.60 Å². The molecule has 6 nitrogen and oxygen atoms in total. The Morgan fingerprint density at radius 2 is 2.15 bits per heavy atom. The average molecular weight is 293 g/mol. The molecule has 0 bridgehead atoms. The lowest BCUT2D eigenvalue weighted by atomic mass is 9.96. The number of fused-ring (bicyclic) bond motifs is 1. The fraction of sp³-hybridized carbons (Fsp3) is 0.615. The van der Waals surface area contributed by atoms with Gasteiger partial charge >= 0.3 is 0 Å². The number of aryl methyl sites for hydroxylation is 1. The van der Waals surface area contributed by atoms with Crippen molar-refractivity contribution >= 4 is 28.7 Å². The van der Waals surface area contributed by atoms with E-state index in [1.807, 2.05) is 23.4 Å². The zero-order chi connectivity index (χ0) is 14.0. The van der Waals surface area contributed by atoms with E-state index in [4.69, 9.17) is 4.74 Å². The van der Waals surface area contributed by atoms with Crippen LogP contribution < -0.4 is 5.32 Å². The number of hydrogen-bond donors (Lipinski definition) is 1. The first-order valence-corrected chi connectivity index (χ1v) is 7.88. The molecule has 2 aromatic heterocycles. The predicted molar refractivity (Wildman–Crippen MR) is 81.1 cm³/mol. The summed E-state index contributed by atoms with van der Waals surface area (Å²) < 4.78 is 7.67. The van der Waals surface area contributed by atoms with Gasteiger partial charge < -0.3 is 14.6 Å². The maximum absolute atomic E-state index is 5.77. The summed E-state index contributed by atoms with van der Waals surface area (Å²) in [6, 6.07) is 0. The summed E-state index contributed by atoms with van der Waals surface area (Å²) >= 11 is 1.99. The highest BCUT2D eigenvalue weighted by Gasteiger charge is 2.32. The molecule has 1 aliphatic rings. The SMILES string of the molecule is COC1(CNc2ncnc3c2ncn3C)CCSCC1. The highest BCUT2D eigenvalue weighted by atomic mass is 32.2. The molecule has 0 spiro atoms. The Balaban J connectivity index is 1.79. The molecule has 0 atom stereocenters. The normalized spacial score (nSPS) is 18.3. The second kappa shape index (κ2) is 5.57. The fourth-order valence-electron chi connectivity index (χ4n) is 2.52. The van der Waals surface area contributed by atoms with Crippen LogP contribution in [-0.4, -0.2) is 50.3 Å². The summed E-state index contributed by atoms with van der Waals surface area (Å²) in [6.07, 6.45) is 5.46. The van der Waals surface area contributed by atoms with E-state index in [9.17, 15) is 0 Å². The Morgan fingerprint density at radius 3 is 2.90 bits per heavy atom. The molecule has 1 saturated heterocycles. The summed E-state index contributed by atoms with van der Waals surface area (Å²) in [5.74, 6) is 3.08. The van der Waals surface area contributed by atoms with Gasteiger partial charge in [0.1, 0.15) is 11.8 Å². The summed E-state index contributed by atoms with van der Waals surface area (Å²) in [6.45, 7) is 0.757. The maximum Gasteiger partial charge on any atom is 0.165 e. The van der Waals surface area contributed by atoms with Crippen LogP contribution in [-0.2, 0) is 11.8 Å². The monoisotopic (exact) mass is 293 g/mol. The van der Waals surface area contributed by atoms with Gasteiger partial charge in [-0.25, -0.2) is 15.0 Å². The van der Waals surface area contributed by atoms with Crippen molar-refractivity contribution in [2.75, 3.05) is 30.5 Å². The molecule has 108 valence electrons. The lowest BCUT2D eigenvalue weighted by molar-refractivity contribution is -0.00551. The van der Waals surface area contributed by atoms with Crippen LogP contribution in [0.15, 0.2) is 12.7 Å². The zero-order valence-corrected chi connectivity index (χ0v) is 12.6. The third-order valence-electron chi connectivity index (χ3n) is 3.91. The van der Waals surface area contributed by atoms with Gasteiger partial charge in [0.15, 0.2) is 11.5 Å². The smallest absolute Gasteiger partial charge is 0.165 e. The number of anilines is 1. The third-order valence-corrected chi connectivity index (χ3v) is 4.90. The van der Waals surface area contributed by atoms with Crippen LogP contribution in [0.25, 0.3) is 11.2 Å². The van der Waals surface area contributed by atoms with Gasteiger partial charge in [0.2, 0.25) is 0 Å². The van der Waals surface area contributed by atoms with E-state index in [1.165, 1.54) is 0 Å². The molecule has 0 unspecified atom stereocenters. The Hall–Kier alpha value is -1.34. The Morgan fingerprint density at radius 1 is 1.35 bits per heavy atom. The Labute approximate surface area is 122 Å². The topological polar surface area (TPSA) is 64.9 Å². The van der Waals surface area contributed by atoms with Crippen molar-refractivity contribution in [3.05, 3.63) is 12.7 Å². The molecule has 2 aromatic rings. The summed E-state index contributed by atoms with van der Waals surface area (Å²) in [5.41, 5.74) is 1.57. The molecule has 0 radical (unpaired) electrons. The van der Waals surface area contributed by atoms with Gasteiger partial charge in [-0.05, 0) is 24.3 Å². The first kappa shape index (κ1) is 13.6. The molecule has 3 rings (SSSR count). The van der Waals surface area contributed by atoms with Gasteiger partial charge in [0, 0.05) is 20.7 Å². The van der Waals surface area contributed by atoms with Crippen molar-refractivity contribution in [1.29, 1.82) is 0 Å². The van der Waals surface area contributed by atoms with E-state index in [0.717, 1.165) is 47.9 Å². The molecule has 0 saturated carbocycles. The second-order valence-corrected chi connectivity index (χ2v) is 6.33. The number of thioether (sulfide) groups is 1. The minimum absolute atomic E-state index is 0.0860. The van der Waals surface area contributed by atoms with Gasteiger partial charge in [-0.2, -0.15) is 11.8 Å². The minimum atomic E-state index is -0.0860. The van der Waals surface area contributed by atoms with Crippen molar-refractivity contribution in [2.45, 2.75) is 18.4 Å². The number of nitrogens with one attached hydrogen (secondary N) is 1. The van der Waals surface area contributed by atoms with Crippen LogP contribution in [0.4, 0.5) is 5.82 Å². The van der Waals surface area contributed by atoms with Crippen LogP contribution >= 0.6 is 11.8 Å². The van der Waals surface area contributed by atoms with Crippen molar-refractivity contribution in [1.82, 2.24) is 19.5 Å². The van der Waals surface area contributed by atoms with E-state index < -0.39 is 0 Å². The van der Waals surface area contributed by atoms with Crippen LogP contribution in [0.5, 0.6) is 0 Å². The summed E-state index contributed by atoms with van der Waals surface area (Å²) in [4.78, 5) is 12.9. The highest BCUT2D eigenvalue weighted by Crippen LogP contribution is 2.30. The van der Waals surface area contributed by atoms with Crippen molar-refractivity contribution in [2.24, 2.45) is 7.05 Å². The van der Waals surface area contributed by atoms with Gasteiger partial charge in [-0.15, -0.1) is 0 Å². The average Bonchev–Trinajstić information content (AvgIpc) is 2.88. The molecule has 7 heteroatoms. The lowest BCUT2D eigenvalue weighted by Gasteiger charge is -2.35. The third kappa shape index (κ3) is 2.47. The number of rotatable bonds is 4. The molecular weight excluding hydrogens is 274 g/mol. The van der Waals surface area contributed by atoms with Crippen molar-refractivity contribution < 1.29 is 4.74 Å². The van der Waals surface area contributed by atoms with Crippen LogP contribution in [0.3, 0.4) is 0 Å². The number of hydrogen-bond acceptors (Lipinski definition) is 6. The molecule has 20 heavy (non-hydrogen) atoms. The van der Waals surface area contributed by atoms with E-state index >= 15 is 0 Å². The Bertz CT molecular complexity index is 593. The first-order valence-electron chi connectivity index (χ1n) is 6.73. The molecular formula is C13H19N5OS. The van der Waals surface area contributed by atoms with E-state index in [2.05, 4.69) is 20.3 Å². The van der Waals surface area contributed by atoms with E-state index in [0.29, 0.717) is 0 Å². The number of methoxy groups -OCH3 is 1. The lowest BCUT2D eigenvalue weighted by Crippen LogP contribution is -2.42. The number of nitrogens with zero attached hydrogens (tertiary/aromatic N) is 4. The molecule has 1 aliphatic heterocycles. The van der Waals surface area contributed by atoms with Gasteiger partial charge in [0.05, 0.1) is 11.9 Å². The highest BCUT2D eigenvalue weighted by molar-refractivity contribution is 7.99. The molecule has 0 amide bonds. The van der Waals surface area contributed by atoms with Gasteiger partial charge in [-0.3, -0.25) is 0 Å². The molecule has 1 N–H and O–H groups in total. The molecule has 0 aliphatic carbocycles. The molecule has 0 aromatic carbocycles. The fourth-order valence-corrected chi connectivity index (χ4v) is 3.75. The van der Waals surface area contributed by atoms with Crippen LogP contribution in [0, 0.1) is 0 Å². The Kier molecular flexibility index (Phi) is 3.80. The quantitative estimate of drug-likeness (QED) is 0.925. The van der Waals surface area contributed by atoms with Gasteiger partial charge in [-0.1, -0.05) is 0 Å². The van der Waals surface area contributed by atoms with Crippen LogP contribution in [0.2, 0.25) is 0 Å². The largest absolute Gasteiger partial charge is 0.376 e. The van der Waals surface area contributed by atoms with Crippen molar-refractivity contribution in [3.8, 4) is 0 Å². The zero-order valence-electron chi connectivity index (χ0n) is 11.8. The van der Waals surface area contributed by atoms with Crippen LogP contribution in [0.1, 0.15) is 12.8 Å². The molecule has 3 heterocycles. The van der Waals surface area contributed by atoms with Gasteiger partial charge in [0.25, 0.3) is 0 Å². The standard InChI is InChI=1S/C13H19N5OS/c1-18-9-17-10-11(15-8-16-12(10)18)14-7-13(19-2)3-5-20-6-4-13/h8-9H,3-7H2,1-2H3,(H,14,15,16). The number of imidazole rings is 1. The second-order valence-electron chi connectivity index (χ2n) is 5.10. The maximum atomic E-state index is 5.77. The predicted octanol–water partition coefficient (Wildman–Crippen LogP) is 1.69. The van der Waals surface area contributed by atoms with E-state index in [1.54, 1.807) is 19.8 Å².